The van der Waals surface area contributed by atoms with Gasteiger partial charge in [0.05, 0.1) is 23.8 Å². The van der Waals surface area contributed by atoms with Crippen molar-refractivity contribution in [1.82, 2.24) is 4.98 Å². The number of nitrogens with zero attached hydrogens (tertiary/aromatic N) is 1. The second-order valence-electron chi connectivity index (χ2n) is 8.01. The summed E-state index contributed by atoms with van der Waals surface area (Å²) < 4.78 is 12.1. The third-order valence-corrected chi connectivity index (χ3v) is 5.50. The van der Waals surface area contributed by atoms with Crippen LogP contribution in [0.4, 0.5) is 5.69 Å². The number of carboxylic acid groups (broad SMARTS) is 1. The fraction of sp³-hybridized carbons (Fsp3) is 0.269. The van der Waals surface area contributed by atoms with Crippen LogP contribution in [0, 0.1) is 0 Å². The number of ether oxygens (including phenoxy) is 2. The summed E-state index contributed by atoms with van der Waals surface area (Å²) in [7, 11) is 0. The molecule has 2 N–H and O–H groups in total. The smallest absolute Gasteiger partial charge is 0.337 e. The van der Waals surface area contributed by atoms with Gasteiger partial charge in [-0.05, 0) is 55.5 Å². The van der Waals surface area contributed by atoms with Gasteiger partial charge in [-0.1, -0.05) is 36.8 Å². The molecule has 0 bridgehead atoms. The van der Waals surface area contributed by atoms with Crippen molar-refractivity contribution in [1.29, 1.82) is 0 Å². The number of carboxylic acids is 1. The Labute approximate surface area is 192 Å². The number of hydrogen-bond donors (Lipinski definition) is 2. The van der Waals surface area contributed by atoms with Crippen molar-refractivity contribution in [3.8, 4) is 17.4 Å². The molecular weight excluding hydrogens is 420 g/mol. The summed E-state index contributed by atoms with van der Waals surface area (Å²) in [6.07, 6.45) is 7.59. The molecule has 7 nitrogen and oxygen atoms in total. The summed E-state index contributed by atoms with van der Waals surface area (Å²) in [5.74, 6) is 0.278. The molecule has 0 aliphatic heterocycles. The third kappa shape index (κ3) is 6.10. The van der Waals surface area contributed by atoms with Crippen LogP contribution >= 0.6 is 0 Å². The molecule has 170 valence electrons. The Hall–Kier alpha value is -3.87. The van der Waals surface area contributed by atoms with Crippen LogP contribution < -0.4 is 14.8 Å². The van der Waals surface area contributed by atoms with E-state index in [-0.39, 0.29) is 29.7 Å². The van der Waals surface area contributed by atoms with E-state index >= 15 is 0 Å². The van der Waals surface area contributed by atoms with Gasteiger partial charge >= 0.3 is 5.97 Å². The highest BCUT2D eigenvalue weighted by Crippen LogP contribution is 2.33. The number of rotatable bonds is 8. The van der Waals surface area contributed by atoms with Crippen molar-refractivity contribution >= 4 is 17.6 Å². The normalized spacial score (nSPS) is 13.8. The van der Waals surface area contributed by atoms with Gasteiger partial charge in [0.25, 0.3) is 0 Å². The van der Waals surface area contributed by atoms with Gasteiger partial charge in [-0.15, -0.1) is 0 Å². The minimum atomic E-state index is -1.10. The molecule has 1 heterocycles. The number of anilines is 1. The van der Waals surface area contributed by atoms with Crippen LogP contribution in [0.1, 0.15) is 48.0 Å². The maximum atomic E-state index is 12.4. The van der Waals surface area contributed by atoms with Crippen LogP contribution in [0.2, 0.25) is 0 Å². The third-order valence-electron chi connectivity index (χ3n) is 5.50. The van der Waals surface area contributed by atoms with Crippen LogP contribution in [-0.2, 0) is 11.2 Å². The summed E-state index contributed by atoms with van der Waals surface area (Å²) in [6.45, 7) is 0. The van der Waals surface area contributed by atoms with E-state index in [0.29, 0.717) is 22.9 Å². The van der Waals surface area contributed by atoms with Crippen molar-refractivity contribution in [2.75, 3.05) is 5.32 Å². The SMILES string of the molecule is O=C(Cc1ccc(Oc2ccccc2OC2CCCCC2)nc1)Nc1ccccc1C(=O)O. The molecule has 7 heteroatoms. The molecule has 0 spiro atoms. The molecule has 3 aromatic rings. The first-order valence-electron chi connectivity index (χ1n) is 11.1. The Balaban J connectivity index is 1.37. The molecule has 1 fully saturated rings. The summed E-state index contributed by atoms with van der Waals surface area (Å²) in [5, 5.41) is 11.9. The topological polar surface area (TPSA) is 97.8 Å². The highest BCUT2D eigenvalue weighted by atomic mass is 16.5. The first-order chi connectivity index (χ1) is 16.1. The van der Waals surface area contributed by atoms with E-state index in [4.69, 9.17) is 9.47 Å². The molecule has 4 rings (SSSR count). The number of nitrogens with one attached hydrogen (secondary N) is 1. The van der Waals surface area contributed by atoms with E-state index in [9.17, 15) is 14.7 Å². The molecule has 1 aromatic heterocycles. The lowest BCUT2D eigenvalue weighted by Crippen LogP contribution is -2.19. The Morgan fingerprint density at radius 1 is 0.939 bits per heavy atom. The van der Waals surface area contributed by atoms with E-state index in [2.05, 4.69) is 10.3 Å². The number of carbonyl (C=O) groups excluding carboxylic acids is 1. The maximum absolute atomic E-state index is 12.4. The molecule has 2 aromatic carbocycles. The van der Waals surface area contributed by atoms with Gasteiger partial charge in [0.1, 0.15) is 0 Å². The lowest BCUT2D eigenvalue weighted by molar-refractivity contribution is -0.115. The number of aromatic nitrogens is 1. The van der Waals surface area contributed by atoms with Crippen LogP contribution in [0.3, 0.4) is 0 Å². The highest BCUT2D eigenvalue weighted by molar-refractivity contribution is 6.00. The zero-order valence-corrected chi connectivity index (χ0v) is 18.2. The van der Waals surface area contributed by atoms with Crippen molar-refractivity contribution in [2.24, 2.45) is 0 Å². The quantitative estimate of drug-likeness (QED) is 0.476. The standard InChI is InChI=1S/C26H26N2O5/c29-24(28-21-11-5-4-10-20(21)26(30)31)16-18-14-15-25(27-17-18)33-23-13-7-6-12-22(23)32-19-8-2-1-3-9-19/h4-7,10-15,17,19H,1-3,8-9,16H2,(H,28,29)(H,30,31). The van der Waals surface area contributed by atoms with Crippen LogP contribution in [0.5, 0.6) is 17.4 Å². The summed E-state index contributed by atoms with van der Waals surface area (Å²) >= 11 is 0. The minimum absolute atomic E-state index is 0.0434. The minimum Gasteiger partial charge on any atom is -0.487 e. The molecule has 0 atom stereocenters. The van der Waals surface area contributed by atoms with Crippen molar-refractivity contribution < 1.29 is 24.2 Å². The summed E-state index contributed by atoms with van der Waals surface area (Å²) in [5.41, 5.74) is 0.985. The first kappa shape index (κ1) is 22.3. The number of para-hydroxylation sites is 3. The van der Waals surface area contributed by atoms with Crippen molar-refractivity contribution in [3.05, 3.63) is 78.0 Å². The molecule has 0 saturated heterocycles. The first-order valence-corrected chi connectivity index (χ1v) is 11.1. The fourth-order valence-corrected chi connectivity index (χ4v) is 3.84. The zero-order chi connectivity index (χ0) is 23.0. The second-order valence-corrected chi connectivity index (χ2v) is 8.01. The predicted octanol–water partition coefficient (Wildman–Crippen LogP) is 5.46. The van der Waals surface area contributed by atoms with Gasteiger partial charge < -0.3 is 19.9 Å². The average molecular weight is 447 g/mol. The number of carbonyl (C=O) groups is 2. The molecule has 33 heavy (non-hydrogen) atoms. The Bertz CT molecular complexity index is 1110. The molecular formula is C26H26N2O5. The largest absolute Gasteiger partial charge is 0.487 e. The molecule has 1 amide bonds. The number of pyridine rings is 1. The van der Waals surface area contributed by atoms with E-state index < -0.39 is 5.97 Å². The van der Waals surface area contributed by atoms with E-state index in [1.807, 2.05) is 24.3 Å². The van der Waals surface area contributed by atoms with E-state index in [0.717, 1.165) is 12.8 Å². The highest BCUT2D eigenvalue weighted by Gasteiger charge is 2.17. The lowest BCUT2D eigenvalue weighted by atomic mass is 9.98. The molecule has 1 aliphatic carbocycles. The predicted molar refractivity (Wildman–Crippen MR) is 124 cm³/mol. The summed E-state index contributed by atoms with van der Waals surface area (Å²) in [6, 6.07) is 17.3. The zero-order valence-electron chi connectivity index (χ0n) is 18.2. The number of hydrogen-bond acceptors (Lipinski definition) is 5. The lowest BCUT2D eigenvalue weighted by Gasteiger charge is -2.24. The maximum Gasteiger partial charge on any atom is 0.337 e. The van der Waals surface area contributed by atoms with Gasteiger partial charge in [-0.3, -0.25) is 4.79 Å². The molecule has 0 radical (unpaired) electrons. The number of amides is 1. The number of aromatic carboxylic acids is 1. The van der Waals surface area contributed by atoms with Crippen LogP contribution in [0.15, 0.2) is 66.9 Å². The Morgan fingerprint density at radius 3 is 2.39 bits per heavy atom. The number of benzene rings is 2. The molecule has 0 unspecified atom stereocenters. The average Bonchev–Trinajstić information content (AvgIpc) is 2.82. The van der Waals surface area contributed by atoms with Gasteiger partial charge in [-0.25, -0.2) is 9.78 Å². The van der Waals surface area contributed by atoms with Gasteiger partial charge in [0, 0.05) is 12.3 Å². The monoisotopic (exact) mass is 446 g/mol. The molecule has 1 saturated carbocycles. The van der Waals surface area contributed by atoms with Gasteiger partial charge in [0.15, 0.2) is 11.5 Å². The second kappa shape index (κ2) is 10.6. The van der Waals surface area contributed by atoms with Crippen molar-refractivity contribution in [2.45, 2.75) is 44.6 Å². The Morgan fingerprint density at radius 2 is 1.67 bits per heavy atom. The van der Waals surface area contributed by atoms with E-state index in [1.165, 1.54) is 25.3 Å². The van der Waals surface area contributed by atoms with Gasteiger partial charge in [0.2, 0.25) is 11.8 Å². The summed E-state index contributed by atoms with van der Waals surface area (Å²) in [4.78, 5) is 28.0. The fourth-order valence-electron chi connectivity index (χ4n) is 3.84. The Kier molecular flexibility index (Phi) is 7.19. The van der Waals surface area contributed by atoms with Crippen LogP contribution in [-0.4, -0.2) is 28.1 Å². The van der Waals surface area contributed by atoms with Crippen LogP contribution in [0.25, 0.3) is 0 Å². The van der Waals surface area contributed by atoms with Crippen molar-refractivity contribution in [3.63, 3.8) is 0 Å². The van der Waals surface area contributed by atoms with Gasteiger partial charge in [-0.2, -0.15) is 0 Å². The molecule has 1 aliphatic rings. The van der Waals surface area contributed by atoms with E-state index in [1.54, 1.807) is 36.5 Å².